The number of thiazole rings is 1. The van der Waals surface area contributed by atoms with E-state index in [9.17, 15) is 13.6 Å². The Kier molecular flexibility index (Phi) is 5.49. The predicted molar refractivity (Wildman–Crippen MR) is 98.4 cm³/mol. The largest absolute Gasteiger partial charge is 0.338 e. The fraction of sp³-hybridized carbons (Fsp3) is 0.611. The van der Waals surface area contributed by atoms with Crippen LogP contribution in [0.15, 0.2) is 11.6 Å². The summed E-state index contributed by atoms with van der Waals surface area (Å²) in [5.74, 6) is 0.510. The summed E-state index contributed by atoms with van der Waals surface area (Å²) in [5.41, 5.74) is 3.18. The summed E-state index contributed by atoms with van der Waals surface area (Å²) in [5, 5.41) is 11.1. The van der Waals surface area contributed by atoms with Crippen molar-refractivity contribution < 1.29 is 13.6 Å². The molecule has 1 amide bonds. The molecule has 4 rings (SSSR count). The predicted octanol–water partition coefficient (Wildman–Crippen LogP) is 3.29. The number of piperidine rings is 2. The molecule has 27 heavy (non-hydrogen) atoms. The molecule has 0 bridgehead atoms. The molecule has 2 aromatic rings. The Morgan fingerprint density at radius 1 is 1.19 bits per heavy atom. The average Bonchev–Trinajstić information content (AvgIpc) is 3.38. The summed E-state index contributed by atoms with van der Waals surface area (Å²) in [6, 6.07) is 2.18. The lowest BCUT2D eigenvalue weighted by Gasteiger charge is -2.31. The summed E-state index contributed by atoms with van der Waals surface area (Å²) in [6.07, 6.45) is 1.12. The van der Waals surface area contributed by atoms with Gasteiger partial charge in [0.2, 0.25) is 0 Å². The SMILES string of the molecule is O=C(c1scnc1C(F)F)N1CCC(c2cc(C3CCNCC3)n[nH]2)CC1. The summed E-state index contributed by atoms with van der Waals surface area (Å²) < 4.78 is 26.0. The van der Waals surface area contributed by atoms with Gasteiger partial charge in [0.1, 0.15) is 10.6 Å². The van der Waals surface area contributed by atoms with Crippen molar-refractivity contribution in [1.82, 2.24) is 25.4 Å². The third-order valence-electron chi connectivity index (χ3n) is 5.59. The zero-order chi connectivity index (χ0) is 18.8. The first-order valence-corrected chi connectivity index (χ1v) is 10.3. The highest BCUT2D eigenvalue weighted by atomic mass is 32.1. The van der Waals surface area contributed by atoms with E-state index in [4.69, 9.17) is 0 Å². The molecular weight excluding hydrogens is 372 g/mol. The average molecular weight is 395 g/mol. The highest BCUT2D eigenvalue weighted by Crippen LogP contribution is 2.32. The van der Waals surface area contributed by atoms with Crippen LogP contribution in [0.25, 0.3) is 0 Å². The number of rotatable bonds is 4. The molecule has 2 aromatic heterocycles. The van der Waals surface area contributed by atoms with Crippen molar-refractivity contribution in [2.24, 2.45) is 0 Å². The number of carbonyl (C=O) groups excluding carboxylic acids is 1. The van der Waals surface area contributed by atoms with Gasteiger partial charge in [-0.1, -0.05) is 0 Å². The Balaban J connectivity index is 1.37. The lowest BCUT2D eigenvalue weighted by atomic mass is 9.90. The van der Waals surface area contributed by atoms with Gasteiger partial charge in [-0.15, -0.1) is 11.3 Å². The maximum Gasteiger partial charge on any atom is 0.281 e. The van der Waals surface area contributed by atoms with Gasteiger partial charge < -0.3 is 10.2 Å². The second kappa shape index (κ2) is 8.02. The number of nitrogens with zero attached hydrogens (tertiary/aromatic N) is 3. The standard InChI is InChI=1S/C18H23F2N5OS/c19-17(20)15-16(27-10-22-15)18(26)25-7-3-12(4-8-25)14-9-13(23-24-14)11-1-5-21-6-2-11/h9-12,17,21H,1-8H2,(H,23,24). The number of hydrogen-bond donors (Lipinski definition) is 2. The molecule has 2 saturated heterocycles. The highest BCUT2D eigenvalue weighted by molar-refractivity contribution is 7.11. The van der Waals surface area contributed by atoms with Crippen LogP contribution in [0.5, 0.6) is 0 Å². The van der Waals surface area contributed by atoms with Gasteiger partial charge in [-0.3, -0.25) is 9.89 Å². The number of aromatic nitrogens is 3. The number of aromatic amines is 1. The topological polar surface area (TPSA) is 73.9 Å². The van der Waals surface area contributed by atoms with Crippen LogP contribution in [-0.2, 0) is 0 Å². The summed E-state index contributed by atoms with van der Waals surface area (Å²) in [7, 11) is 0. The number of likely N-dealkylation sites (tertiary alicyclic amines) is 1. The van der Waals surface area contributed by atoms with E-state index >= 15 is 0 Å². The van der Waals surface area contributed by atoms with Crippen LogP contribution < -0.4 is 5.32 Å². The monoisotopic (exact) mass is 395 g/mol. The van der Waals surface area contributed by atoms with Crippen LogP contribution in [0.1, 0.15) is 70.7 Å². The number of carbonyl (C=O) groups is 1. The van der Waals surface area contributed by atoms with Crippen molar-refractivity contribution in [2.75, 3.05) is 26.2 Å². The fourth-order valence-corrected chi connectivity index (χ4v) is 4.76. The zero-order valence-corrected chi connectivity index (χ0v) is 15.8. The minimum Gasteiger partial charge on any atom is -0.338 e. The maximum atomic E-state index is 13.0. The Morgan fingerprint density at radius 3 is 2.63 bits per heavy atom. The van der Waals surface area contributed by atoms with Crippen molar-refractivity contribution in [3.8, 4) is 0 Å². The zero-order valence-electron chi connectivity index (χ0n) is 15.0. The number of hydrogen-bond acceptors (Lipinski definition) is 5. The van der Waals surface area contributed by atoms with Crippen molar-refractivity contribution in [2.45, 2.75) is 43.9 Å². The molecule has 0 atom stereocenters. The van der Waals surface area contributed by atoms with Crippen LogP contribution in [0, 0.1) is 0 Å². The Labute approximate surface area is 160 Å². The highest BCUT2D eigenvalue weighted by Gasteiger charge is 2.30. The molecule has 0 aliphatic carbocycles. The Hall–Kier alpha value is -1.87. The van der Waals surface area contributed by atoms with E-state index in [1.807, 2.05) is 0 Å². The molecule has 9 heteroatoms. The van der Waals surface area contributed by atoms with Crippen LogP contribution >= 0.6 is 11.3 Å². The fourth-order valence-electron chi connectivity index (χ4n) is 4.00. The van der Waals surface area contributed by atoms with E-state index in [1.165, 1.54) is 5.51 Å². The van der Waals surface area contributed by atoms with Crippen molar-refractivity contribution in [1.29, 1.82) is 0 Å². The molecule has 2 N–H and O–H groups in total. The van der Waals surface area contributed by atoms with Gasteiger partial charge in [0.25, 0.3) is 12.3 Å². The molecule has 6 nitrogen and oxygen atoms in total. The number of halogens is 2. The molecule has 0 unspecified atom stereocenters. The minimum atomic E-state index is -2.72. The summed E-state index contributed by atoms with van der Waals surface area (Å²) in [4.78, 5) is 18.0. The second-order valence-electron chi connectivity index (χ2n) is 7.21. The summed E-state index contributed by atoms with van der Waals surface area (Å²) >= 11 is 0.992. The first kappa shape index (κ1) is 18.5. The lowest BCUT2D eigenvalue weighted by Crippen LogP contribution is -2.38. The van der Waals surface area contributed by atoms with Gasteiger partial charge >= 0.3 is 0 Å². The molecule has 2 fully saturated rings. The third-order valence-corrected chi connectivity index (χ3v) is 6.42. The summed E-state index contributed by atoms with van der Waals surface area (Å²) in [6.45, 7) is 3.19. The minimum absolute atomic E-state index is 0.0678. The maximum absolute atomic E-state index is 13.0. The van der Waals surface area contributed by atoms with Crippen LogP contribution in [0.3, 0.4) is 0 Å². The second-order valence-corrected chi connectivity index (χ2v) is 8.06. The molecule has 0 aromatic carbocycles. The van der Waals surface area contributed by atoms with E-state index in [0.717, 1.165) is 61.5 Å². The van der Waals surface area contributed by atoms with Crippen LogP contribution in [-0.4, -0.2) is 52.2 Å². The van der Waals surface area contributed by atoms with Crippen LogP contribution in [0.4, 0.5) is 8.78 Å². The van der Waals surface area contributed by atoms with Gasteiger partial charge in [-0.2, -0.15) is 5.10 Å². The molecule has 0 spiro atoms. The van der Waals surface area contributed by atoms with E-state index in [1.54, 1.807) is 4.90 Å². The lowest BCUT2D eigenvalue weighted by molar-refractivity contribution is 0.0705. The first-order valence-electron chi connectivity index (χ1n) is 9.40. The number of amides is 1. The van der Waals surface area contributed by atoms with Gasteiger partial charge in [0, 0.05) is 30.6 Å². The number of H-pyrrole nitrogens is 1. The molecule has 146 valence electrons. The smallest absolute Gasteiger partial charge is 0.281 e. The van der Waals surface area contributed by atoms with Crippen molar-refractivity contribution in [3.63, 3.8) is 0 Å². The third kappa shape index (κ3) is 3.89. The molecule has 2 aliphatic rings. The van der Waals surface area contributed by atoms with Crippen LogP contribution in [0.2, 0.25) is 0 Å². The Bertz CT molecular complexity index is 778. The number of nitrogens with one attached hydrogen (secondary N) is 2. The van der Waals surface area contributed by atoms with E-state index < -0.39 is 12.1 Å². The molecule has 0 saturated carbocycles. The van der Waals surface area contributed by atoms with E-state index in [2.05, 4.69) is 26.6 Å². The molecule has 4 heterocycles. The van der Waals surface area contributed by atoms with Gasteiger partial charge in [-0.05, 0) is 44.8 Å². The van der Waals surface area contributed by atoms with Gasteiger partial charge in [0.05, 0.1) is 11.2 Å². The quantitative estimate of drug-likeness (QED) is 0.833. The van der Waals surface area contributed by atoms with E-state index in [0.29, 0.717) is 24.9 Å². The normalized spacial score (nSPS) is 19.7. The first-order chi connectivity index (χ1) is 13.1. The van der Waals surface area contributed by atoms with Gasteiger partial charge in [0.15, 0.2) is 0 Å². The Morgan fingerprint density at radius 2 is 1.93 bits per heavy atom. The molecule has 2 aliphatic heterocycles. The molecular formula is C18H23F2N5OS. The van der Waals surface area contributed by atoms with Crippen molar-refractivity contribution in [3.05, 3.63) is 33.5 Å². The van der Waals surface area contributed by atoms with E-state index in [-0.39, 0.29) is 10.8 Å². The van der Waals surface area contributed by atoms with Crippen molar-refractivity contribution >= 4 is 17.2 Å². The number of alkyl halides is 2. The molecule has 0 radical (unpaired) electrons. The van der Waals surface area contributed by atoms with Gasteiger partial charge in [-0.25, -0.2) is 13.8 Å².